The highest BCUT2D eigenvalue weighted by atomic mass is 32.2. The van der Waals surface area contributed by atoms with Crippen LogP contribution in [0.5, 0.6) is 5.75 Å². The number of carbonyl (C=O) groups excluding carboxylic acids is 2. The molecule has 0 spiro atoms. The van der Waals surface area contributed by atoms with E-state index in [2.05, 4.69) is 5.10 Å². The Morgan fingerprint density at radius 3 is 2.35 bits per heavy atom. The molecule has 1 amide bonds. The van der Waals surface area contributed by atoms with Gasteiger partial charge in [-0.25, -0.2) is 22.5 Å². The Kier molecular flexibility index (Phi) is 7.70. The number of esters is 1. The third-order valence-corrected chi connectivity index (χ3v) is 7.76. The van der Waals surface area contributed by atoms with Crippen LogP contribution in [0.4, 0.5) is 0 Å². The molecule has 3 aromatic rings. The Hall–Kier alpha value is -4.02. The Balaban J connectivity index is 1.53. The molecule has 0 aromatic heterocycles. The normalized spacial score (nSPS) is 15.4. The number of nitrogens with zero attached hydrogens (tertiary/aromatic N) is 3. The van der Waals surface area contributed by atoms with Crippen LogP contribution in [0, 0.1) is 0 Å². The highest BCUT2D eigenvalue weighted by Gasteiger charge is 2.33. The van der Waals surface area contributed by atoms with Gasteiger partial charge in [-0.2, -0.15) is 5.10 Å². The highest BCUT2D eigenvalue weighted by molar-refractivity contribution is 7.89. The third kappa shape index (κ3) is 5.71. The molecule has 10 heteroatoms. The average molecular weight is 522 g/mol. The summed E-state index contributed by atoms with van der Waals surface area (Å²) in [6, 6.07) is 22.0. The van der Waals surface area contributed by atoms with Gasteiger partial charge < -0.3 is 9.47 Å². The summed E-state index contributed by atoms with van der Waals surface area (Å²) in [5.41, 5.74) is 2.52. The van der Waals surface area contributed by atoms with Gasteiger partial charge in [-0.05, 0) is 41.5 Å². The molecule has 3 aromatic carbocycles. The summed E-state index contributed by atoms with van der Waals surface area (Å²) in [6.07, 6.45) is 0.487. The van der Waals surface area contributed by atoms with Crippen molar-refractivity contribution in [3.05, 3.63) is 95.6 Å². The largest absolute Gasteiger partial charge is 0.497 e. The molecule has 1 aliphatic heterocycles. The van der Waals surface area contributed by atoms with Gasteiger partial charge in [0, 0.05) is 20.5 Å². The van der Waals surface area contributed by atoms with Gasteiger partial charge in [0.05, 0.1) is 29.3 Å². The van der Waals surface area contributed by atoms with Crippen molar-refractivity contribution < 1.29 is 27.5 Å². The first-order chi connectivity index (χ1) is 17.7. The van der Waals surface area contributed by atoms with Crippen LogP contribution >= 0.6 is 0 Å². The Labute approximate surface area is 216 Å². The predicted octanol–water partition coefficient (Wildman–Crippen LogP) is 3.48. The molecule has 37 heavy (non-hydrogen) atoms. The van der Waals surface area contributed by atoms with Gasteiger partial charge in [0.1, 0.15) is 5.75 Å². The van der Waals surface area contributed by atoms with E-state index >= 15 is 0 Å². The Morgan fingerprint density at radius 2 is 1.70 bits per heavy atom. The monoisotopic (exact) mass is 521 g/mol. The number of hydrogen-bond donors (Lipinski definition) is 0. The first kappa shape index (κ1) is 26.1. The average Bonchev–Trinajstić information content (AvgIpc) is 3.38. The fraction of sp³-hybridized carbons (Fsp3) is 0.222. The van der Waals surface area contributed by atoms with E-state index in [-0.39, 0.29) is 16.5 Å². The van der Waals surface area contributed by atoms with Gasteiger partial charge in [0.2, 0.25) is 10.0 Å². The van der Waals surface area contributed by atoms with Crippen molar-refractivity contribution in [2.24, 2.45) is 5.10 Å². The molecule has 1 atom stereocenters. The number of ether oxygens (including phenoxy) is 2. The van der Waals surface area contributed by atoms with E-state index in [1.165, 1.54) is 43.4 Å². The molecular weight excluding hydrogens is 494 g/mol. The zero-order valence-corrected chi connectivity index (χ0v) is 21.5. The lowest BCUT2D eigenvalue weighted by Crippen LogP contribution is -2.31. The minimum absolute atomic E-state index is 0.0253. The first-order valence-electron chi connectivity index (χ1n) is 11.5. The smallest absolute Gasteiger partial charge is 0.338 e. The van der Waals surface area contributed by atoms with E-state index in [0.717, 1.165) is 21.1 Å². The summed E-state index contributed by atoms with van der Waals surface area (Å²) in [5.74, 6) is -0.620. The van der Waals surface area contributed by atoms with Crippen LogP contribution in [0.25, 0.3) is 0 Å². The summed E-state index contributed by atoms with van der Waals surface area (Å²) in [4.78, 5) is 25.8. The van der Waals surface area contributed by atoms with Gasteiger partial charge in [-0.1, -0.05) is 48.5 Å². The van der Waals surface area contributed by atoms with Crippen molar-refractivity contribution >= 4 is 27.6 Å². The molecule has 0 saturated carbocycles. The number of hydrogen-bond acceptors (Lipinski definition) is 7. The zero-order valence-electron chi connectivity index (χ0n) is 20.7. The highest BCUT2D eigenvalue weighted by Crippen LogP contribution is 2.33. The molecule has 0 fully saturated rings. The van der Waals surface area contributed by atoms with Crippen molar-refractivity contribution in [3.8, 4) is 5.75 Å². The molecule has 0 radical (unpaired) electrons. The van der Waals surface area contributed by atoms with E-state index in [1.807, 2.05) is 54.6 Å². The van der Waals surface area contributed by atoms with Crippen LogP contribution in [0.2, 0.25) is 0 Å². The number of rotatable bonds is 8. The lowest BCUT2D eigenvalue weighted by atomic mass is 9.98. The predicted molar refractivity (Wildman–Crippen MR) is 138 cm³/mol. The molecule has 4 rings (SSSR count). The number of methoxy groups -OCH3 is 1. The maximum atomic E-state index is 13.2. The third-order valence-electron chi connectivity index (χ3n) is 5.95. The summed E-state index contributed by atoms with van der Waals surface area (Å²) in [5, 5.41) is 5.91. The van der Waals surface area contributed by atoms with Crippen LogP contribution in [-0.2, 0) is 19.6 Å². The first-order valence-corrected chi connectivity index (χ1v) is 12.9. The number of benzene rings is 3. The summed E-state index contributed by atoms with van der Waals surface area (Å²) in [6.45, 7) is -0.554. The van der Waals surface area contributed by atoms with Crippen molar-refractivity contribution in [1.29, 1.82) is 0 Å². The molecule has 0 saturated heterocycles. The van der Waals surface area contributed by atoms with Crippen molar-refractivity contribution in [1.82, 2.24) is 9.31 Å². The Bertz CT molecular complexity index is 1420. The van der Waals surface area contributed by atoms with E-state index in [1.54, 1.807) is 7.11 Å². The number of carbonyl (C=O) groups is 2. The second-order valence-electron chi connectivity index (χ2n) is 8.54. The molecule has 0 bridgehead atoms. The van der Waals surface area contributed by atoms with Gasteiger partial charge in [0.15, 0.2) is 6.61 Å². The molecule has 1 heterocycles. The Morgan fingerprint density at radius 1 is 1.00 bits per heavy atom. The minimum Gasteiger partial charge on any atom is -0.497 e. The topological polar surface area (TPSA) is 106 Å². The SMILES string of the molecule is COc1ccc([C@@H]2CC(c3ccccc3)=NN2C(=O)COC(=O)c2cccc(S(=O)(=O)N(C)C)c2)cc1. The maximum Gasteiger partial charge on any atom is 0.338 e. The molecule has 0 N–H and O–H groups in total. The van der Waals surface area contributed by atoms with E-state index in [9.17, 15) is 18.0 Å². The molecule has 1 aliphatic rings. The summed E-state index contributed by atoms with van der Waals surface area (Å²) < 4.78 is 36.3. The van der Waals surface area contributed by atoms with Crippen LogP contribution < -0.4 is 4.74 Å². The second kappa shape index (κ2) is 10.9. The van der Waals surface area contributed by atoms with Gasteiger partial charge in [0.25, 0.3) is 5.91 Å². The lowest BCUT2D eigenvalue weighted by molar-refractivity contribution is -0.136. The van der Waals surface area contributed by atoms with E-state index in [0.29, 0.717) is 12.2 Å². The maximum absolute atomic E-state index is 13.2. The molecule has 0 aliphatic carbocycles. The van der Waals surface area contributed by atoms with Gasteiger partial charge >= 0.3 is 5.97 Å². The summed E-state index contributed by atoms with van der Waals surface area (Å²) in [7, 11) is 0.654. The molecule has 192 valence electrons. The molecular formula is C27H27N3O6S. The van der Waals surface area contributed by atoms with Crippen molar-refractivity contribution in [3.63, 3.8) is 0 Å². The van der Waals surface area contributed by atoms with Crippen LogP contribution in [-0.4, -0.2) is 63.1 Å². The number of sulfonamides is 1. The van der Waals surface area contributed by atoms with Crippen molar-refractivity contribution in [2.75, 3.05) is 27.8 Å². The second-order valence-corrected chi connectivity index (χ2v) is 10.7. The van der Waals surface area contributed by atoms with Crippen LogP contribution in [0.3, 0.4) is 0 Å². The molecule has 9 nitrogen and oxygen atoms in total. The number of amides is 1. The lowest BCUT2D eigenvalue weighted by Gasteiger charge is -2.22. The standard InChI is InChI=1S/C27H27N3O6S/c1-29(2)37(33,34)23-11-7-10-21(16-23)27(32)36-18-26(31)30-25(20-12-14-22(35-3)15-13-20)17-24(28-30)19-8-5-4-6-9-19/h4-16,25H,17-18H2,1-3H3/t25-/m0/s1. The van der Waals surface area contributed by atoms with Gasteiger partial charge in [-0.15, -0.1) is 0 Å². The quantitative estimate of drug-likeness (QED) is 0.420. The van der Waals surface area contributed by atoms with Crippen molar-refractivity contribution in [2.45, 2.75) is 17.4 Å². The van der Waals surface area contributed by atoms with E-state index in [4.69, 9.17) is 9.47 Å². The van der Waals surface area contributed by atoms with Crippen LogP contribution in [0.15, 0.2) is 88.9 Å². The summed E-state index contributed by atoms with van der Waals surface area (Å²) >= 11 is 0. The zero-order chi connectivity index (χ0) is 26.6. The molecule has 0 unspecified atom stereocenters. The fourth-order valence-electron chi connectivity index (χ4n) is 3.90. The van der Waals surface area contributed by atoms with Crippen LogP contribution in [0.1, 0.15) is 33.9 Å². The number of hydrazone groups is 1. The minimum atomic E-state index is -3.73. The van der Waals surface area contributed by atoms with Gasteiger partial charge in [-0.3, -0.25) is 4.79 Å². The van der Waals surface area contributed by atoms with E-state index < -0.39 is 28.5 Å². The fourth-order valence-corrected chi connectivity index (χ4v) is 4.85.